The second kappa shape index (κ2) is 4.10. The first-order chi connectivity index (χ1) is 7.63. The summed E-state index contributed by atoms with van der Waals surface area (Å²) in [6, 6.07) is 5.50. The van der Waals surface area contributed by atoms with Crippen molar-refractivity contribution in [1.29, 1.82) is 0 Å². The summed E-state index contributed by atoms with van der Waals surface area (Å²) in [5.41, 5.74) is 2.72. The first kappa shape index (κ1) is 10.9. The van der Waals surface area contributed by atoms with Gasteiger partial charge in [0, 0.05) is 12.6 Å². The van der Waals surface area contributed by atoms with E-state index in [9.17, 15) is 4.79 Å². The van der Waals surface area contributed by atoms with Gasteiger partial charge in [-0.15, -0.1) is 0 Å². The molecule has 0 amide bonds. The molecular weight excluding hydrogens is 202 g/mol. The average Bonchev–Trinajstić information content (AvgIpc) is 2.22. The van der Waals surface area contributed by atoms with Crippen LogP contribution in [0, 0.1) is 13.8 Å². The minimum atomic E-state index is 0.0349. The maximum atomic E-state index is 12.0. The van der Waals surface area contributed by atoms with E-state index < -0.39 is 0 Å². The Kier molecular flexibility index (Phi) is 2.79. The topological polar surface area (TPSA) is 42.2 Å². The maximum Gasteiger partial charge on any atom is 0.193 e. The number of aryl methyl sites for hydroxylation is 2. The Morgan fingerprint density at radius 1 is 1.31 bits per heavy atom. The van der Waals surface area contributed by atoms with E-state index in [2.05, 4.69) is 5.32 Å². The first-order valence-corrected chi connectivity index (χ1v) is 5.31. The minimum Gasteiger partial charge on any atom is -0.461 e. The fraction of sp³-hybridized carbons (Fsp3) is 0.308. The molecule has 0 bridgehead atoms. The van der Waals surface area contributed by atoms with E-state index in [4.69, 9.17) is 4.42 Å². The van der Waals surface area contributed by atoms with Crippen molar-refractivity contribution in [3.05, 3.63) is 45.3 Å². The molecule has 2 rings (SSSR count). The fourth-order valence-corrected chi connectivity index (χ4v) is 1.91. The molecule has 1 aromatic heterocycles. The van der Waals surface area contributed by atoms with Crippen molar-refractivity contribution >= 4 is 11.0 Å². The van der Waals surface area contributed by atoms with Crippen molar-refractivity contribution in [3.8, 4) is 0 Å². The van der Waals surface area contributed by atoms with Crippen LogP contribution in [0.5, 0.6) is 0 Å². The summed E-state index contributed by atoms with van der Waals surface area (Å²) in [5, 5.41) is 3.75. The van der Waals surface area contributed by atoms with Gasteiger partial charge in [-0.2, -0.15) is 0 Å². The number of hydrogen-bond acceptors (Lipinski definition) is 3. The number of nitrogens with one attached hydrogen (secondary N) is 1. The molecule has 0 unspecified atom stereocenters. The lowest BCUT2D eigenvalue weighted by atomic mass is 10.0. The van der Waals surface area contributed by atoms with Crippen LogP contribution in [0.1, 0.15) is 16.9 Å². The number of benzene rings is 1. The van der Waals surface area contributed by atoms with Crippen LogP contribution in [-0.2, 0) is 6.54 Å². The van der Waals surface area contributed by atoms with Crippen molar-refractivity contribution in [2.24, 2.45) is 0 Å². The Labute approximate surface area is 94.1 Å². The molecule has 2 aromatic rings. The van der Waals surface area contributed by atoms with Crippen molar-refractivity contribution in [2.45, 2.75) is 20.4 Å². The second-order valence-corrected chi connectivity index (χ2v) is 4.00. The van der Waals surface area contributed by atoms with Gasteiger partial charge in [-0.1, -0.05) is 12.1 Å². The summed E-state index contributed by atoms with van der Waals surface area (Å²) in [6.45, 7) is 4.42. The number of hydrogen-bond donors (Lipinski definition) is 1. The largest absolute Gasteiger partial charge is 0.461 e. The second-order valence-electron chi connectivity index (χ2n) is 4.00. The molecule has 0 radical (unpaired) electrons. The zero-order valence-electron chi connectivity index (χ0n) is 9.76. The van der Waals surface area contributed by atoms with Gasteiger partial charge in [-0.05, 0) is 32.0 Å². The normalized spacial score (nSPS) is 10.9. The van der Waals surface area contributed by atoms with Gasteiger partial charge in [0.2, 0.25) is 0 Å². The van der Waals surface area contributed by atoms with Crippen LogP contribution in [0.4, 0.5) is 0 Å². The highest BCUT2D eigenvalue weighted by Crippen LogP contribution is 2.20. The molecule has 0 saturated heterocycles. The van der Waals surface area contributed by atoms with Crippen LogP contribution in [0.2, 0.25) is 0 Å². The molecule has 3 nitrogen and oxygen atoms in total. The third-order valence-corrected chi connectivity index (χ3v) is 2.65. The maximum absolute atomic E-state index is 12.0. The zero-order chi connectivity index (χ0) is 11.7. The smallest absolute Gasteiger partial charge is 0.193 e. The van der Waals surface area contributed by atoms with Crippen molar-refractivity contribution in [1.82, 2.24) is 5.32 Å². The monoisotopic (exact) mass is 217 g/mol. The summed E-state index contributed by atoms with van der Waals surface area (Å²) < 4.78 is 5.63. The molecule has 0 fully saturated rings. The van der Waals surface area contributed by atoms with E-state index in [-0.39, 0.29) is 5.43 Å². The molecule has 0 saturated carbocycles. The van der Waals surface area contributed by atoms with E-state index in [1.807, 2.05) is 26.1 Å². The van der Waals surface area contributed by atoms with Crippen molar-refractivity contribution in [3.63, 3.8) is 0 Å². The van der Waals surface area contributed by atoms with E-state index in [0.717, 1.165) is 11.1 Å². The molecular formula is C13H15NO2. The highest BCUT2D eigenvalue weighted by atomic mass is 16.3. The molecule has 0 atom stereocenters. The molecule has 84 valence electrons. The third-order valence-electron chi connectivity index (χ3n) is 2.65. The van der Waals surface area contributed by atoms with Crippen molar-refractivity contribution in [2.75, 3.05) is 7.05 Å². The van der Waals surface area contributed by atoms with Crippen LogP contribution in [0.25, 0.3) is 11.0 Å². The summed E-state index contributed by atoms with van der Waals surface area (Å²) >= 11 is 0. The molecule has 1 N–H and O–H groups in total. The van der Waals surface area contributed by atoms with Gasteiger partial charge < -0.3 is 9.73 Å². The van der Waals surface area contributed by atoms with Gasteiger partial charge in [0.25, 0.3) is 0 Å². The molecule has 16 heavy (non-hydrogen) atoms. The van der Waals surface area contributed by atoms with E-state index in [0.29, 0.717) is 23.3 Å². The van der Waals surface area contributed by atoms with Crippen LogP contribution >= 0.6 is 0 Å². The van der Waals surface area contributed by atoms with Gasteiger partial charge in [0.15, 0.2) is 5.43 Å². The zero-order valence-corrected chi connectivity index (χ0v) is 9.76. The van der Waals surface area contributed by atoms with Crippen LogP contribution < -0.4 is 10.7 Å². The lowest BCUT2D eigenvalue weighted by Gasteiger charge is -2.07. The van der Waals surface area contributed by atoms with Gasteiger partial charge in [-0.25, -0.2) is 0 Å². The SMILES string of the molecule is CNCc1ccc(C)c2oc(C)cc(=O)c12. The quantitative estimate of drug-likeness (QED) is 0.838. The van der Waals surface area contributed by atoms with Gasteiger partial charge in [0.05, 0.1) is 5.39 Å². The average molecular weight is 217 g/mol. The molecule has 1 heterocycles. The Balaban J connectivity index is 2.87. The van der Waals surface area contributed by atoms with Gasteiger partial charge in [-0.3, -0.25) is 4.79 Å². The van der Waals surface area contributed by atoms with Crippen LogP contribution in [-0.4, -0.2) is 7.05 Å². The Morgan fingerprint density at radius 3 is 2.75 bits per heavy atom. The summed E-state index contributed by atoms with van der Waals surface area (Å²) in [7, 11) is 1.86. The Morgan fingerprint density at radius 2 is 2.06 bits per heavy atom. The Hall–Kier alpha value is -1.61. The first-order valence-electron chi connectivity index (χ1n) is 5.31. The molecule has 0 aliphatic heterocycles. The van der Waals surface area contributed by atoms with Crippen LogP contribution in [0.3, 0.4) is 0 Å². The summed E-state index contributed by atoms with van der Waals surface area (Å²) in [5.74, 6) is 0.655. The lowest BCUT2D eigenvalue weighted by molar-refractivity contribution is 0.562. The molecule has 1 aromatic carbocycles. The third kappa shape index (κ3) is 1.74. The number of rotatable bonds is 2. The predicted octanol–water partition coefficient (Wildman–Crippen LogP) is 2.13. The highest BCUT2D eigenvalue weighted by Gasteiger charge is 2.09. The number of fused-ring (bicyclic) bond motifs is 1. The lowest BCUT2D eigenvalue weighted by Crippen LogP contribution is -2.10. The van der Waals surface area contributed by atoms with E-state index >= 15 is 0 Å². The van der Waals surface area contributed by atoms with Gasteiger partial charge >= 0.3 is 0 Å². The fourth-order valence-electron chi connectivity index (χ4n) is 1.91. The molecule has 0 aliphatic carbocycles. The van der Waals surface area contributed by atoms with E-state index in [1.54, 1.807) is 13.0 Å². The van der Waals surface area contributed by atoms with E-state index in [1.165, 1.54) is 0 Å². The molecule has 0 spiro atoms. The van der Waals surface area contributed by atoms with Crippen LogP contribution in [0.15, 0.2) is 27.4 Å². The molecule has 3 heteroatoms. The Bertz CT molecular complexity index is 584. The summed E-state index contributed by atoms with van der Waals surface area (Å²) in [6.07, 6.45) is 0. The minimum absolute atomic E-state index is 0.0349. The van der Waals surface area contributed by atoms with Gasteiger partial charge in [0.1, 0.15) is 11.3 Å². The molecule has 0 aliphatic rings. The predicted molar refractivity (Wildman–Crippen MR) is 64.7 cm³/mol. The summed E-state index contributed by atoms with van der Waals surface area (Å²) in [4.78, 5) is 12.0. The van der Waals surface area contributed by atoms with Crippen molar-refractivity contribution < 1.29 is 4.42 Å². The highest BCUT2D eigenvalue weighted by molar-refractivity contribution is 5.83. The standard InChI is InChI=1S/C13H15NO2/c1-8-4-5-10(7-14-3)12-11(15)6-9(2)16-13(8)12/h4-6,14H,7H2,1-3H3.